The van der Waals surface area contributed by atoms with Gasteiger partial charge in [-0.15, -0.1) is 0 Å². The number of carbonyl (C=O) groups is 2. The molecule has 1 aromatic rings. The molecule has 0 aliphatic rings. The number of methoxy groups -OCH3 is 1. The number of anilines is 1. The third-order valence-corrected chi connectivity index (χ3v) is 2.26. The molecular formula is C14H19NO5. The predicted molar refractivity (Wildman–Crippen MR) is 73.5 cm³/mol. The number of carbonyl (C=O) groups excluding carboxylic acids is 2. The SMILES string of the molecule is COC(=O)c1ccc(N(OC)C(=O)OC(C)(C)C)cc1. The van der Waals surface area contributed by atoms with Crippen LogP contribution in [0.1, 0.15) is 31.1 Å². The molecule has 0 aliphatic heterocycles. The summed E-state index contributed by atoms with van der Waals surface area (Å²) in [4.78, 5) is 28.3. The van der Waals surface area contributed by atoms with E-state index in [0.717, 1.165) is 5.06 Å². The monoisotopic (exact) mass is 281 g/mol. The zero-order valence-electron chi connectivity index (χ0n) is 12.3. The summed E-state index contributed by atoms with van der Waals surface area (Å²) in [5.74, 6) is -0.446. The van der Waals surface area contributed by atoms with Gasteiger partial charge in [0.25, 0.3) is 0 Å². The summed E-state index contributed by atoms with van der Waals surface area (Å²) >= 11 is 0. The van der Waals surface area contributed by atoms with E-state index in [1.807, 2.05) is 0 Å². The molecule has 1 amide bonds. The van der Waals surface area contributed by atoms with Crippen LogP contribution < -0.4 is 5.06 Å². The minimum atomic E-state index is -0.634. The molecule has 0 bridgehead atoms. The first kappa shape index (κ1) is 16.0. The van der Waals surface area contributed by atoms with Crippen LogP contribution in [0.15, 0.2) is 24.3 Å². The van der Waals surface area contributed by atoms with E-state index in [0.29, 0.717) is 11.3 Å². The molecule has 1 rings (SSSR count). The number of rotatable bonds is 3. The largest absolute Gasteiger partial charge is 0.465 e. The average molecular weight is 281 g/mol. The Morgan fingerprint density at radius 2 is 1.60 bits per heavy atom. The fourth-order valence-electron chi connectivity index (χ4n) is 1.44. The van der Waals surface area contributed by atoms with Crippen molar-refractivity contribution in [1.82, 2.24) is 0 Å². The molecular weight excluding hydrogens is 262 g/mol. The minimum absolute atomic E-state index is 0.386. The smallest absolute Gasteiger partial charge is 0.439 e. The Labute approximate surface area is 118 Å². The van der Waals surface area contributed by atoms with E-state index in [1.54, 1.807) is 32.9 Å². The summed E-state index contributed by atoms with van der Waals surface area (Å²) in [7, 11) is 2.66. The zero-order chi connectivity index (χ0) is 15.3. The Bertz CT molecular complexity index is 475. The molecule has 0 fully saturated rings. The third-order valence-electron chi connectivity index (χ3n) is 2.26. The van der Waals surface area contributed by atoms with E-state index in [2.05, 4.69) is 4.74 Å². The Morgan fingerprint density at radius 1 is 1.05 bits per heavy atom. The van der Waals surface area contributed by atoms with Gasteiger partial charge in [0.1, 0.15) is 5.60 Å². The highest BCUT2D eigenvalue weighted by molar-refractivity contribution is 5.91. The number of hydrogen-bond acceptors (Lipinski definition) is 5. The van der Waals surface area contributed by atoms with Crippen LogP contribution >= 0.6 is 0 Å². The third kappa shape index (κ3) is 4.24. The number of benzene rings is 1. The highest BCUT2D eigenvalue weighted by atomic mass is 16.7. The van der Waals surface area contributed by atoms with Gasteiger partial charge in [0.15, 0.2) is 0 Å². The summed E-state index contributed by atoms with van der Waals surface area (Å²) in [6, 6.07) is 6.22. The highest BCUT2D eigenvalue weighted by Crippen LogP contribution is 2.19. The molecule has 110 valence electrons. The van der Waals surface area contributed by atoms with E-state index in [1.165, 1.54) is 26.4 Å². The molecule has 6 heteroatoms. The fraction of sp³-hybridized carbons (Fsp3) is 0.429. The number of amides is 1. The van der Waals surface area contributed by atoms with Crippen molar-refractivity contribution >= 4 is 17.7 Å². The lowest BCUT2D eigenvalue weighted by molar-refractivity contribution is 0.0328. The molecule has 0 saturated heterocycles. The first-order chi connectivity index (χ1) is 9.28. The molecule has 6 nitrogen and oxygen atoms in total. The lowest BCUT2D eigenvalue weighted by Gasteiger charge is -2.25. The van der Waals surface area contributed by atoms with Crippen LogP contribution in [0.5, 0.6) is 0 Å². The van der Waals surface area contributed by atoms with Crippen LogP contribution in [0.25, 0.3) is 0 Å². The molecule has 0 saturated carbocycles. The first-order valence-electron chi connectivity index (χ1n) is 6.04. The van der Waals surface area contributed by atoms with Crippen molar-refractivity contribution in [3.05, 3.63) is 29.8 Å². The molecule has 0 spiro atoms. The van der Waals surface area contributed by atoms with Gasteiger partial charge >= 0.3 is 12.1 Å². The predicted octanol–water partition coefficient (Wildman–Crippen LogP) is 2.78. The molecule has 0 heterocycles. The summed E-state index contributed by atoms with van der Waals surface area (Å²) in [5, 5.41) is 1.01. The molecule has 0 radical (unpaired) electrons. The maximum Gasteiger partial charge on any atom is 0.439 e. The number of hydroxylamine groups is 1. The van der Waals surface area contributed by atoms with Gasteiger partial charge in [0.2, 0.25) is 0 Å². The normalized spacial score (nSPS) is 10.8. The molecule has 0 unspecified atom stereocenters. The van der Waals surface area contributed by atoms with Crippen LogP contribution in [-0.4, -0.2) is 31.9 Å². The van der Waals surface area contributed by atoms with Crippen molar-refractivity contribution in [2.45, 2.75) is 26.4 Å². The number of nitrogens with zero attached hydrogens (tertiary/aromatic N) is 1. The fourth-order valence-corrected chi connectivity index (χ4v) is 1.44. The standard InChI is InChI=1S/C14H19NO5/c1-14(2,3)20-13(17)15(19-5)11-8-6-10(7-9-11)12(16)18-4/h6-9H,1-5H3. The minimum Gasteiger partial charge on any atom is -0.465 e. The van der Waals surface area contributed by atoms with E-state index in [-0.39, 0.29) is 0 Å². The maximum atomic E-state index is 12.0. The Balaban J connectivity index is 2.90. The van der Waals surface area contributed by atoms with Crippen molar-refractivity contribution in [3.63, 3.8) is 0 Å². The van der Waals surface area contributed by atoms with E-state index < -0.39 is 17.7 Å². The van der Waals surface area contributed by atoms with Gasteiger partial charge in [-0.3, -0.25) is 4.84 Å². The van der Waals surface area contributed by atoms with Gasteiger partial charge in [0.05, 0.1) is 25.5 Å². The van der Waals surface area contributed by atoms with Crippen molar-refractivity contribution in [3.8, 4) is 0 Å². The Kier molecular flexibility index (Phi) is 5.10. The van der Waals surface area contributed by atoms with Crippen molar-refractivity contribution in [2.24, 2.45) is 0 Å². The number of esters is 1. The Hall–Kier alpha value is -2.08. The van der Waals surface area contributed by atoms with Crippen LogP contribution in [-0.2, 0) is 14.3 Å². The van der Waals surface area contributed by atoms with Gasteiger partial charge in [-0.05, 0) is 45.0 Å². The highest BCUT2D eigenvalue weighted by Gasteiger charge is 2.23. The summed E-state index contributed by atoms with van der Waals surface area (Å²) in [6.07, 6.45) is -0.634. The Morgan fingerprint density at radius 3 is 2.00 bits per heavy atom. The number of hydrogen-bond donors (Lipinski definition) is 0. The quantitative estimate of drug-likeness (QED) is 0.629. The second-order valence-electron chi connectivity index (χ2n) is 5.00. The van der Waals surface area contributed by atoms with Crippen LogP contribution in [0.2, 0.25) is 0 Å². The van der Waals surface area contributed by atoms with E-state index in [4.69, 9.17) is 9.57 Å². The first-order valence-corrected chi connectivity index (χ1v) is 6.04. The van der Waals surface area contributed by atoms with Gasteiger partial charge in [-0.25, -0.2) is 9.59 Å². The van der Waals surface area contributed by atoms with Crippen LogP contribution in [0, 0.1) is 0 Å². The van der Waals surface area contributed by atoms with E-state index >= 15 is 0 Å². The van der Waals surface area contributed by atoms with Crippen molar-refractivity contribution < 1.29 is 23.9 Å². The second-order valence-corrected chi connectivity index (χ2v) is 5.00. The summed E-state index contributed by atoms with van der Waals surface area (Å²) < 4.78 is 9.82. The molecule has 1 aromatic carbocycles. The molecule has 0 N–H and O–H groups in total. The molecule has 0 atom stereocenters. The molecule has 0 aromatic heterocycles. The van der Waals surface area contributed by atoms with Gasteiger partial charge in [-0.2, -0.15) is 5.06 Å². The zero-order valence-corrected chi connectivity index (χ0v) is 12.3. The summed E-state index contributed by atoms with van der Waals surface area (Å²) in [6.45, 7) is 5.29. The second kappa shape index (κ2) is 6.38. The van der Waals surface area contributed by atoms with Crippen molar-refractivity contribution in [1.29, 1.82) is 0 Å². The van der Waals surface area contributed by atoms with Gasteiger partial charge in [0, 0.05) is 0 Å². The number of ether oxygens (including phenoxy) is 2. The topological polar surface area (TPSA) is 65.1 Å². The summed E-state index contributed by atoms with van der Waals surface area (Å²) in [5.41, 5.74) is 0.214. The average Bonchev–Trinajstić information content (AvgIpc) is 2.37. The van der Waals surface area contributed by atoms with Gasteiger partial charge in [-0.1, -0.05) is 0 Å². The molecule has 0 aliphatic carbocycles. The van der Waals surface area contributed by atoms with Crippen molar-refractivity contribution in [2.75, 3.05) is 19.3 Å². The molecule has 20 heavy (non-hydrogen) atoms. The van der Waals surface area contributed by atoms with E-state index in [9.17, 15) is 9.59 Å². The van der Waals surface area contributed by atoms with Crippen LogP contribution in [0.4, 0.5) is 10.5 Å². The van der Waals surface area contributed by atoms with Crippen LogP contribution in [0.3, 0.4) is 0 Å². The lowest BCUT2D eigenvalue weighted by atomic mass is 10.2. The maximum absolute atomic E-state index is 12.0. The van der Waals surface area contributed by atoms with Gasteiger partial charge < -0.3 is 9.47 Å². The lowest BCUT2D eigenvalue weighted by Crippen LogP contribution is -2.36.